The fourth-order valence-corrected chi connectivity index (χ4v) is 2.90. The first kappa shape index (κ1) is 23.9. The average molecular weight is 455 g/mol. The van der Waals surface area contributed by atoms with Gasteiger partial charge in [0.1, 0.15) is 0 Å². The van der Waals surface area contributed by atoms with Crippen LogP contribution in [0.4, 0.5) is 0 Å². The van der Waals surface area contributed by atoms with Crippen LogP contribution in [0, 0.1) is 5.41 Å². The second kappa shape index (κ2) is 14.1. The van der Waals surface area contributed by atoms with Crippen LogP contribution in [0.15, 0.2) is 4.99 Å². The van der Waals surface area contributed by atoms with Gasteiger partial charge in [-0.25, -0.2) is 0 Å². The van der Waals surface area contributed by atoms with Crippen molar-refractivity contribution >= 4 is 29.9 Å². The molecule has 1 aliphatic rings. The van der Waals surface area contributed by atoms with Crippen LogP contribution in [-0.2, 0) is 4.74 Å². The molecule has 3 N–H and O–H groups in total. The Morgan fingerprint density at radius 1 is 1.21 bits per heavy atom. The summed E-state index contributed by atoms with van der Waals surface area (Å²) in [6, 6.07) is 0. The van der Waals surface area contributed by atoms with E-state index >= 15 is 0 Å². The third-order valence-electron chi connectivity index (χ3n) is 4.62. The SMILES string of the molecule is CCCCOCCCNC(=NCC1(C)CCCCC1O)NCC.I. The zero-order valence-corrected chi connectivity index (χ0v) is 18.1. The van der Waals surface area contributed by atoms with E-state index in [1.165, 1.54) is 12.8 Å². The zero-order valence-electron chi connectivity index (χ0n) is 15.8. The number of guanidine groups is 1. The van der Waals surface area contributed by atoms with E-state index in [0.29, 0.717) is 6.54 Å². The van der Waals surface area contributed by atoms with Crippen LogP contribution >= 0.6 is 24.0 Å². The van der Waals surface area contributed by atoms with Gasteiger partial charge in [0.15, 0.2) is 5.96 Å². The molecular formula is C18H38IN3O2. The van der Waals surface area contributed by atoms with Gasteiger partial charge < -0.3 is 20.5 Å². The monoisotopic (exact) mass is 455 g/mol. The summed E-state index contributed by atoms with van der Waals surface area (Å²) in [5.74, 6) is 0.847. The Morgan fingerprint density at radius 3 is 2.62 bits per heavy atom. The van der Waals surface area contributed by atoms with Crippen molar-refractivity contribution in [1.82, 2.24) is 10.6 Å². The Bertz CT molecular complexity index is 342. The van der Waals surface area contributed by atoms with E-state index < -0.39 is 0 Å². The van der Waals surface area contributed by atoms with Gasteiger partial charge in [-0.1, -0.05) is 33.1 Å². The number of nitrogens with zero attached hydrogens (tertiary/aromatic N) is 1. The lowest BCUT2D eigenvalue weighted by molar-refractivity contribution is 0.00716. The first-order valence-electron chi connectivity index (χ1n) is 9.40. The summed E-state index contributed by atoms with van der Waals surface area (Å²) in [4.78, 5) is 4.70. The maximum atomic E-state index is 10.3. The molecule has 0 saturated heterocycles. The van der Waals surface area contributed by atoms with Crippen molar-refractivity contribution in [1.29, 1.82) is 0 Å². The maximum Gasteiger partial charge on any atom is 0.191 e. The van der Waals surface area contributed by atoms with Crippen LogP contribution in [0.2, 0.25) is 0 Å². The number of aliphatic imine (C=N–C) groups is 1. The summed E-state index contributed by atoms with van der Waals surface area (Å²) in [5, 5.41) is 16.9. The largest absolute Gasteiger partial charge is 0.392 e. The van der Waals surface area contributed by atoms with Gasteiger partial charge in [-0.15, -0.1) is 24.0 Å². The van der Waals surface area contributed by atoms with Crippen molar-refractivity contribution in [3.63, 3.8) is 0 Å². The number of rotatable bonds is 10. The van der Waals surface area contributed by atoms with Crippen LogP contribution in [0.25, 0.3) is 0 Å². The average Bonchev–Trinajstić information content (AvgIpc) is 2.54. The molecule has 1 aliphatic carbocycles. The Hall–Kier alpha value is -0.0800. The minimum absolute atomic E-state index is 0. The van der Waals surface area contributed by atoms with Gasteiger partial charge in [-0.05, 0) is 32.6 Å². The molecule has 2 unspecified atom stereocenters. The van der Waals surface area contributed by atoms with Gasteiger partial charge >= 0.3 is 0 Å². The van der Waals surface area contributed by atoms with Gasteiger partial charge in [0.25, 0.3) is 0 Å². The summed E-state index contributed by atoms with van der Waals surface area (Å²) in [6.07, 6.45) is 7.37. The molecule has 0 heterocycles. The van der Waals surface area contributed by atoms with Crippen LogP contribution < -0.4 is 10.6 Å². The molecule has 0 radical (unpaired) electrons. The van der Waals surface area contributed by atoms with Crippen molar-refractivity contribution < 1.29 is 9.84 Å². The normalized spacial score (nSPS) is 24.3. The molecule has 6 heteroatoms. The molecule has 0 spiro atoms. The summed E-state index contributed by atoms with van der Waals surface area (Å²) in [6.45, 7) is 10.4. The highest BCUT2D eigenvalue weighted by atomic mass is 127. The van der Waals surface area contributed by atoms with E-state index in [1.54, 1.807) is 0 Å². The number of hydrogen-bond acceptors (Lipinski definition) is 3. The van der Waals surface area contributed by atoms with E-state index in [2.05, 4.69) is 31.4 Å². The summed E-state index contributed by atoms with van der Waals surface area (Å²) in [7, 11) is 0. The van der Waals surface area contributed by atoms with E-state index in [9.17, 15) is 5.11 Å². The van der Waals surface area contributed by atoms with Gasteiger partial charge in [-0.3, -0.25) is 4.99 Å². The molecule has 2 atom stereocenters. The molecule has 24 heavy (non-hydrogen) atoms. The molecule has 1 saturated carbocycles. The molecule has 0 amide bonds. The van der Waals surface area contributed by atoms with Gasteiger partial charge in [0.05, 0.1) is 12.6 Å². The number of nitrogens with one attached hydrogen (secondary N) is 2. The van der Waals surface area contributed by atoms with Crippen LogP contribution in [-0.4, -0.2) is 50.0 Å². The summed E-state index contributed by atoms with van der Waals surface area (Å²) < 4.78 is 5.57. The summed E-state index contributed by atoms with van der Waals surface area (Å²) in [5.41, 5.74) is -0.0795. The Kier molecular flexibility index (Phi) is 14.1. The predicted octanol–water partition coefficient (Wildman–Crippen LogP) is 3.31. The molecule has 0 aromatic rings. The Morgan fingerprint density at radius 2 is 1.96 bits per heavy atom. The third kappa shape index (κ3) is 9.42. The van der Waals surface area contributed by atoms with E-state index in [-0.39, 0.29) is 35.5 Å². The van der Waals surface area contributed by atoms with Gasteiger partial charge in [0.2, 0.25) is 0 Å². The lowest BCUT2D eigenvalue weighted by Crippen LogP contribution is -2.42. The highest BCUT2D eigenvalue weighted by Gasteiger charge is 2.35. The predicted molar refractivity (Wildman–Crippen MR) is 112 cm³/mol. The number of aliphatic hydroxyl groups excluding tert-OH is 1. The Balaban J connectivity index is 0.00000529. The topological polar surface area (TPSA) is 65.9 Å². The minimum atomic E-state index is -0.227. The van der Waals surface area contributed by atoms with Gasteiger partial charge in [-0.2, -0.15) is 0 Å². The standard InChI is InChI=1S/C18H37N3O2.HI/c1-4-6-13-23-14-9-12-20-17(19-5-2)21-15-18(3)11-8-7-10-16(18)22;/h16,22H,4-15H2,1-3H3,(H2,19,20,21);1H. The molecule has 0 aliphatic heterocycles. The smallest absolute Gasteiger partial charge is 0.191 e. The first-order valence-corrected chi connectivity index (χ1v) is 9.40. The van der Waals surface area contributed by atoms with E-state index in [4.69, 9.17) is 9.73 Å². The zero-order chi connectivity index (χ0) is 17.0. The van der Waals surface area contributed by atoms with Crippen LogP contribution in [0.3, 0.4) is 0 Å². The van der Waals surface area contributed by atoms with Crippen LogP contribution in [0.5, 0.6) is 0 Å². The quantitative estimate of drug-likeness (QED) is 0.205. The number of halogens is 1. The number of ether oxygens (including phenoxy) is 1. The first-order chi connectivity index (χ1) is 11.1. The molecule has 1 rings (SSSR count). The molecule has 5 nitrogen and oxygen atoms in total. The van der Waals surface area contributed by atoms with Crippen molar-refractivity contribution in [2.24, 2.45) is 10.4 Å². The highest BCUT2D eigenvalue weighted by Crippen LogP contribution is 2.36. The van der Waals surface area contributed by atoms with Crippen molar-refractivity contribution in [2.45, 2.75) is 71.8 Å². The second-order valence-corrected chi connectivity index (χ2v) is 6.86. The fourth-order valence-electron chi connectivity index (χ4n) is 2.90. The van der Waals surface area contributed by atoms with Crippen molar-refractivity contribution in [3.05, 3.63) is 0 Å². The van der Waals surface area contributed by atoms with E-state index in [0.717, 1.165) is 64.4 Å². The Labute approximate surface area is 165 Å². The molecule has 0 bridgehead atoms. The lowest BCUT2D eigenvalue weighted by Gasteiger charge is -2.37. The lowest BCUT2D eigenvalue weighted by atomic mass is 9.73. The third-order valence-corrected chi connectivity index (χ3v) is 4.62. The molecular weight excluding hydrogens is 417 g/mol. The van der Waals surface area contributed by atoms with Crippen molar-refractivity contribution in [2.75, 3.05) is 32.8 Å². The van der Waals surface area contributed by atoms with E-state index in [1.807, 2.05) is 0 Å². The second-order valence-electron chi connectivity index (χ2n) is 6.86. The van der Waals surface area contributed by atoms with Crippen molar-refractivity contribution in [3.8, 4) is 0 Å². The number of hydrogen-bond donors (Lipinski definition) is 3. The molecule has 0 aromatic heterocycles. The maximum absolute atomic E-state index is 10.3. The molecule has 1 fully saturated rings. The molecule has 144 valence electrons. The number of aliphatic hydroxyl groups is 1. The highest BCUT2D eigenvalue weighted by molar-refractivity contribution is 14.0. The minimum Gasteiger partial charge on any atom is -0.392 e. The molecule has 0 aromatic carbocycles. The number of unbranched alkanes of at least 4 members (excludes halogenated alkanes) is 1. The fraction of sp³-hybridized carbons (Fsp3) is 0.944. The van der Waals surface area contributed by atoms with Crippen LogP contribution in [0.1, 0.15) is 65.7 Å². The summed E-state index contributed by atoms with van der Waals surface area (Å²) >= 11 is 0. The van der Waals surface area contributed by atoms with Gasteiger partial charge in [0, 0.05) is 31.7 Å².